The van der Waals surface area contributed by atoms with Crippen LogP contribution in [0, 0.1) is 11.6 Å². The molecule has 0 unspecified atom stereocenters. The standard InChI is InChI=1S/C17H16ClF2N7O/c1-21-14(28)9-27-8-11(6-24-27)25-17-23-7-12(18)16(26-17)22-5-10-3-2-4-13(19)15(10)20/h2-4,6-8H,5,9H2,1H3,(H,21,28)(H2,22,23,25,26). The van der Waals surface area contributed by atoms with Gasteiger partial charge in [0.2, 0.25) is 11.9 Å². The van der Waals surface area contributed by atoms with E-state index in [4.69, 9.17) is 11.6 Å². The minimum atomic E-state index is -0.929. The van der Waals surface area contributed by atoms with Crippen molar-refractivity contribution in [3.05, 3.63) is 59.0 Å². The smallest absolute Gasteiger partial charge is 0.241 e. The Kier molecular flexibility index (Phi) is 5.99. The molecule has 0 aliphatic rings. The lowest BCUT2D eigenvalue weighted by Crippen LogP contribution is -2.23. The first kappa shape index (κ1) is 19.5. The maximum absolute atomic E-state index is 13.8. The Balaban J connectivity index is 1.69. The van der Waals surface area contributed by atoms with Crippen molar-refractivity contribution in [2.24, 2.45) is 0 Å². The van der Waals surface area contributed by atoms with Gasteiger partial charge < -0.3 is 16.0 Å². The normalized spacial score (nSPS) is 10.6. The molecule has 0 radical (unpaired) electrons. The van der Waals surface area contributed by atoms with Crippen LogP contribution >= 0.6 is 11.6 Å². The molecule has 8 nitrogen and oxygen atoms in total. The third kappa shape index (κ3) is 4.71. The first-order valence-electron chi connectivity index (χ1n) is 8.15. The number of amides is 1. The Hall–Kier alpha value is -3.27. The lowest BCUT2D eigenvalue weighted by atomic mass is 10.2. The molecule has 0 saturated heterocycles. The van der Waals surface area contributed by atoms with Gasteiger partial charge in [-0.25, -0.2) is 13.8 Å². The van der Waals surface area contributed by atoms with Crippen LogP contribution in [0.25, 0.3) is 0 Å². The second kappa shape index (κ2) is 8.61. The Morgan fingerprint density at radius 3 is 2.89 bits per heavy atom. The summed E-state index contributed by atoms with van der Waals surface area (Å²) in [6, 6.07) is 3.92. The Morgan fingerprint density at radius 1 is 1.29 bits per heavy atom. The van der Waals surface area contributed by atoms with Crippen LogP contribution in [0.15, 0.2) is 36.8 Å². The summed E-state index contributed by atoms with van der Waals surface area (Å²) >= 11 is 6.07. The number of nitrogens with zero attached hydrogens (tertiary/aromatic N) is 4. The maximum atomic E-state index is 13.8. The van der Waals surface area contributed by atoms with Gasteiger partial charge in [0.05, 0.1) is 18.1 Å². The van der Waals surface area contributed by atoms with E-state index in [2.05, 4.69) is 31.0 Å². The number of carbonyl (C=O) groups excluding carboxylic acids is 1. The highest BCUT2D eigenvalue weighted by molar-refractivity contribution is 6.32. The number of benzene rings is 1. The Labute approximate surface area is 163 Å². The summed E-state index contributed by atoms with van der Waals surface area (Å²) in [5, 5.41) is 12.6. The summed E-state index contributed by atoms with van der Waals surface area (Å²) in [5.41, 5.74) is 0.702. The summed E-state index contributed by atoms with van der Waals surface area (Å²) in [5.74, 6) is -1.58. The molecule has 28 heavy (non-hydrogen) atoms. The molecule has 0 bridgehead atoms. The van der Waals surface area contributed by atoms with E-state index < -0.39 is 11.6 Å². The summed E-state index contributed by atoms with van der Waals surface area (Å²) in [7, 11) is 1.54. The first-order valence-corrected chi connectivity index (χ1v) is 8.53. The van der Waals surface area contributed by atoms with Crippen LogP contribution in [-0.4, -0.2) is 32.7 Å². The topological polar surface area (TPSA) is 96.8 Å². The van der Waals surface area contributed by atoms with Gasteiger partial charge >= 0.3 is 0 Å². The molecule has 146 valence electrons. The number of anilines is 3. The van der Waals surface area contributed by atoms with E-state index in [-0.39, 0.29) is 41.3 Å². The molecule has 2 aromatic heterocycles. The van der Waals surface area contributed by atoms with E-state index in [1.165, 1.54) is 36.3 Å². The highest BCUT2D eigenvalue weighted by Crippen LogP contribution is 2.22. The highest BCUT2D eigenvalue weighted by Gasteiger charge is 2.11. The predicted molar refractivity (Wildman–Crippen MR) is 100 cm³/mol. The van der Waals surface area contributed by atoms with Crippen LogP contribution in [-0.2, 0) is 17.9 Å². The van der Waals surface area contributed by atoms with Crippen LogP contribution in [0.5, 0.6) is 0 Å². The quantitative estimate of drug-likeness (QED) is 0.557. The minimum Gasteiger partial charge on any atom is -0.364 e. The molecule has 11 heteroatoms. The number of nitrogens with one attached hydrogen (secondary N) is 3. The Morgan fingerprint density at radius 2 is 2.11 bits per heavy atom. The van der Waals surface area contributed by atoms with E-state index in [1.54, 1.807) is 6.20 Å². The molecule has 0 aliphatic carbocycles. The summed E-state index contributed by atoms with van der Waals surface area (Å²) < 4.78 is 28.5. The molecule has 2 heterocycles. The first-order chi connectivity index (χ1) is 13.5. The van der Waals surface area contributed by atoms with E-state index in [0.29, 0.717) is 5.69 Å². The number of hydrogen-bond donors (Lipinski definition) is 3. The van der Waals surface area contributed by atoms with Gasteiger partial charge in [0.25, 0.3) is 0 Å². The maximum Gasteiger partial charge on any atom is 0.241 e. The van der Waals surface area contributed by atoms with Gasteiger partial charge in [-0.1, -0.05) is 23.7 Å². The van der Waals surface area contributed by atoms with Crippen LogP contribution in [0.3, 0.4) is 0 Å². The molecule has 1 aromatic carbocycles. The van der Waals surface area contributed by atoms with Crippen molar-refractivity contribution in [1.29, 1.82) is 0 Å². The second-order valence-electron chi connectivity index (χ2n) is 5.68. The summed E-state index contributed by atoms with van der Waals surface area (Å²) in [4.78, 5) is 19.7. The van der Waals surface area contributed by atoms with E-state index in [1.807, 2.05) is 0 Å². The van der Waals surface area contributed by atoms with Crippen LogP contribution in [0.1, 0.15) is 5.56 Å². The number of aromatic nitrogens is 4. The van der Waals surface area contributed by atoms with Gasteiger partial charge in [-0.2, -0.15) is 10.1 Å². The monoisotopic (exact) mass is 407 g/mol. The van der Waals surface area contributed by atoms with Gasteiger partial charge in [0.1, 0.15) is 11.6 Å². The second-order valence-corrected chi connectivity index (χ2v) is 6.09. The Bertz CT molecular complexity index is 995. The number of halogens is 3. The minimum absolute atomic E-state index is 0.0101. The average molecular weight is 408 g/mol. The molecule has 3 aromatic rings. The van der Waals surface area contributed by atoms with E-state index in [0.717, 1.165) is 6.07 Å². The van der Waals surface area contributed by atoms with Gasteiger partial charge in [-0.3, -0.25) is 9.48 Å². The number of carbonyl (C=O) groups is 1. The molecule has 0 fully saturated rings. The van der Waals surface area contributed by atoms with Crippen molar-refractivity contribution >= 4 is 35.0 Å². The fraction of sp³-hybridized carbons (Fsp3) is 0.176. The number of rotatable bonds is 7. The predicted octanol–water partition coefficient (Wildman–Crippen LogP) is 2.71. The van der Waals surface area contributed by atoms with Crippen molar-refractivity contribution in [2.75, 3.05) is 17.7 Å². The zero-order valence-electron chi connectivity index (χ0n) is 14.7. The molecular formula is C17H16ClF2N7O. The van der Waals surface area contributed by atoms with Gasteiger partial charge in [-0.05, 0) is 6.07 Å². The zero-order valence-corrected chi connectivity index (χ0v) is 15.5. The largest absolute Gasteiger partial charge is 0.364 e. The number of hydrogen-bond acceptors (Lipinski definition) is 6. The zero-order chi connectivity index (χ0) is 20.1. The molecule has 0 aliphatic heterocycles. The number of likely N-dealkylation sites (N-methyl/N-ethyl adjacent to an activating group) is 1. The average Bonchev–Trinajstić information content (AvgIpc) is 3.11. The fourth-order valence-electron chi connectivity index (χ4n) is 2.29. The molecule has 0 atom stereocenters. The van der Waals surface area contributed by atoms with Crippen molar-refractivity contribution < 1.29 is 13.6 Å². The van der Waals surface area contributed by atoms with Gasteiger partial charge in [0, 0.05) is 25.4 Å². The van der Waals surface area contributed by atoms with Crippen LogP contribution < -0.4 is 16.0 Å². The summed E-state index contributed by atoms with van der Waals surface area (Å²) in [6.07, 6.45) is 4.49. The lowest BCUT2D eigenvalue weighted by Gasteiger charge is -2.10. The van der Waals surface area contributed by atoms with E-state index in [9.17, 15) is 13.6 Å². The fourth-order valence-corrected chi connectivity index (χ4v) is 2.44. The lowest BCUT2D eigenvalue weighted by molar-refractivity contribution is -0.121. The van der Waals surface area contributed by atoms with Crippen molar-refractivity contribution in [2.45, 2.75) is 13.1 Å². The third-order valence-corrected chi connectivity index (χ3v) is 3.97. The molecule has 0 saturated carbocycles. The molecule has 0 spiro atoms. The highest BCUT2D eigenvalue weighted by atomic mass is 35.5. The summed E-state index contributed by atoms with van der Waals surface area (Å²) in [6.45, 7) is 0.0650. The van der Waals surface area contributed by atoms with Gasteiger partial charge in [-0.15, -0.1) is 0 Å². The van der Waals surface area contributed by atoms with Crippen molar-refractivity contribution in [1.82, 2.24) is 25.1 Å². The SMILES string of the molecule is CNC(=O)Cn1cc(Nc2ncc(Cl)c(NCc3cccc(F)c3F)n2)cn1. The van der Waals surface area contributed by atoms with Crippen molar-refractivity contribution in [3.63, 3.8) is 0 Å². The molecule has 1 amide bonds. The van der Waals surface area contributed by atoms with Gasteiger partial charge in [0.15, 0.2) is 17.5 Å². The third-order valence-electron chi connectivity index (χ3n) is 3.70. The van der Waals surface area contributed by atoms with Crippen molar-refractivity contribution in [3.8, 4) is 0 Å². The van der Waals surface area contributed by atoms with E-state index >= 15 is 0 Å². The van der Waals surface area contributed by atoms with Crippen LogP contribution in [0.4, 0.5) is 26.2 Å². The van der Waals surface area contributed by atoms with Crippen LogP contribution in [0.2, 0.25) is 5.02 Å². The molecule has 3 rings (SSSR count). The molecular weight excluding hydrogens is 392 g/mol. The molecule has 3 N–H and O–H groups in total.